The molecule has 2 aromatic carbocycles. The first-order valence-corrected chi connectivity index (χ1v) is 9.62. The molecule has 27 heavy (non-hydrogen) atoms. The number of amides is 1. The summed E-state index contributed by atoms with van der Waals surface area (Å²) in [5, 5.41) is 6.79. The highest BCUT2D eigenvalue weighted by Gasteiger charge is 2.36. The van der Waals surface area contributed by atoms with Gasteiger partial charge in [-0.25, -0.2) is 8.78 Å². The molecule has 0 spiro atoms. The Morgan fingerprint density at radius 1 is 1.15 bits per heavy atom. The van der Waals surface area contributed by atoms with Gasteiger partial charge in [-0.3, -0.25) is 4.79 Å². The van der Waals surface area contributed by atoms with E-state index in [4.69, 9.17) is 0 Å². The molecule has 3 nitrogen and oxygen atoms in total. The van der Waals surface area contributed by atoms with E-state index in [9.17, 15) is 13.6 Å². The van der Waals surface area contributed by atoms with Gasteiger partial charge in [-0.2, -0.15) is 0 Å². The van der Waals surface area contributed by atoms with Gasteiger partial charge in [-0.05, 0) is 43.4 Å². The summed E-state index contributed by atoms with van der Waals surface area (Å²) in [6.07, 6.45) is 4.32. The van der Waals surface area contributed by atoms with E-state index in [0.29, 0.717) is 6.04 Å². The molecule has 3 atom stereocenters. The molecule has 142 valence electrons. The predicted octanol–water partition coefficient (Wildman–Crippen LogP) is 3.99. The third-order valence-corrected chi connectivity index (χ3v) is 5.90. The lowest BCUT2D eigenvalue weighted by atomic mass is 9.91. The Hall–Kier alpha value is -2.27. The van der Waals surface area contributed by atoms with Gasteiger partial charge in [0.05, 0.1) is 18.0 Å². The van der Waals surface area contributed by atoms with Gasteiger partial charge in [0.2, 0.25) is 5.91 Å². The molecule has 4 rings (SSSR count). The summed E-state index contributed by atoms with van der Waals surface area (Å²) in [5.74, 6) is -2.24. The van der Waals surface area contributed by atoms with E-state index < -0.39 is 17.6 Å². The van der Waals surface area contributed by atoms with Crippen molar-refractivity contribution in [2.75, 3.05) is 0 Å². The molecule has 0 aliphatic heterocycles. The number of nitrogens with one attached hydrogen (secondary N) is 2. The minimum Gasteiger partial charge on any atom is -0.351 e. The van der Waals surface area contributed by atoms with E-state index in [1.54, 1.807) is 6.92 Å². The third kappa shape index (κ3) is 3.61. The fourth-order valence-corrected chi connectivity index (χ4v) is 4.07. The van der Waals surface area contributed by atoms with Crippen LogP contribution in [0.4, 0.5) is 8.78 Å². The molecule has 0 radical (unpaired) electrons. The van der Waals surface area contributed by atoms with Gasteiger partial charge in [0.25, 0.3) is 0 Å². The maximum absolute atomic E-state index is 14.1. The average Bonchev–Trinajstić information content (AvgIpc) is 2.94. The van der Waals surface area contributed by atoms with Gasteiger partial charge >= 0.3 is 0 Å². The highest BCUT2D eigenvalue weighted by atomic mass is 19.1. The summed E-state index contributed by atoms with van der Waals surface area (Å²) in [6.45, 7) is 1.65. The first-order valence-electron chi connectivity index (χ1n) is 9.62. The Morgan fingerprint density at radius 2 is 1.93 bits per heavy atom. The van der Waals surface area contributed by atoms with Crippen molar-refractivity contribution < 1.29 is 13.6 Å². The van der Waals surface area contributed by atoms with Crippen LogP contribution in [0.5, 0.6) is 0 Å². The Kier molecular flexibility index (Phi) is 4.96. The smallest absolute Gasteiger partial charge is 0.227 e. The fraction of sp³-hybridized carbons (Fsp3) is 0.409. The maximum Gasteiger partial charge on any atom is 0.227 e. The van der Waals surface area contributed by atoms with Crippen LogP contribution in [-0.2, 0) is 11.2 Å². The number of hydrogen-bond donors (Lipinski definition) is 2. The van der Waals surface area contributed by atoms with Gasteiger partial charge in [-0.15, -0.1) is 0 Å². The zero-order valence-electron chi connectivity index (χ0n) is 15.3. The summed E-state index contributed by atoms with van der Waals surface area (Å²) >= 11 is 0. The highest BCUT2D eigenvalue weighted by Crippen LogP contribution is 2.34. The van der Waals surface area contributed by atoms with Crippen LogP contribution in [0.1, 0.15) is 54.8 Å². The normalized spacial score (nSPS) is 22.8. The lowest BCUT2D eigenvalue weighted by Gasteiger charge is -2.33. The Bertz CT molecular complexity index is 850. The van der Waals surface area contributed by atoms with Crippen LogP contribution in [0.2, 0.25) is 0 Å². The second-order valence-electron chi connectivity index (χ2n) is 7.68. The molecule has 0 heterocycles. The van der Waals surface area contributed by atoms with Crippen LogP contribution >= 0.6 is 0 Å². The minimum atomic E-state index is -0.684. The van der Waals surface area contributed by atoms with Crippen LogP contribution < -0.4 is 10.6 Å². The van der Waals surface area contributed by atoms with Crippen molar-refractivity contribution in [1.82, 2.24) is 10.6 Å². The molecule has 0 aromatic heterocycles. The van der Waals surface area contributed by atoms with E-state index in [2.05, 4.69) is 22.8 Å². The van der Waals surface area contributed by atoms with Crippen LogP contribution in [-0.4, -0.2) is 18.0 Å². The average molecular weight is 370 g/mol. The van der Waals surface area contributed by atoms with Crippen LogP contribution in [0.25, 0.3) is 0 Å². The summed E-state index contributed by atoms with van der Waals surface area (Å²) in [4.78, 5) is 12.8. The molecule has 2 aromatic rings. The highest BCUT2D eigenvalue weighted by molar-refractivity contribution is 5.83. The summed E-state index contributed by atoms with van der Waals surface area (Å²) in [6, 6.07) is 12.1. The topological polar surface area (TPSA) is 41.1 Å². The number of rotatable bonds is 5. The molecule has 2 aliphatic carbocycles. The van der Waals surface area contributed by atoms with Crippen molar-refractivity contribution in [2.24, 2.45) is 0 Å². The third-order valence-electron chi connectivity index (χ3n) is 5.90. The molecule has 1 saturated carbocycles. The van der Waals surface area contributed by atoms with Crippen molar-refractivity contribution >= 4 is 5.91 Å². The van der Waals surface area contributed by atoms with E-state index >= 15 is 0 Å². The van der Waals surface area contributed by atoms with E-state index in [-0.39, 0.29) is 23.6 Å². The maximum atomic E-state index is 14.1. The van der Waals surface area contributed by atoms with Crippen molar-refractivity contribution in [2.45, 2.75) is 56.7 Å². The monoisotopic (exact) mass is 370 g/mol. The van der Waals surface area contributed by atoms with Crippen LogP contribution in [0.3, 0.4) is 0 Å². The molecule has 2 aliphatic rings. The van der Waals surface area contributed by atoms with Crippen LogP contribution in [0, 0.1) is 11.6 Å². The quantitative estimate of drug-likeness (QED) is 0.836. The Labute approximate surface area is 158 Å². The largest absolute Gasteiger partial charge is 0.351 e. The van der Waals surface area contributed by atoms with Crippen molar-refractivity contribution in [3.05, 3.63) is 70.8 Å². The van der Waals surface area contributed by atoms with Gasteiger partial charge in [0, 0.05) is 17.7 Å². The fourth-order valence-electron chi connectivity index (χ4n) is 4.07. The van der Waals surface area contributed by atoms with Crippen LogP contribution in [0.15, 0.2) is 42.5 Å². The molecular weight excluding hydrogens is 346 g/mol. The van der Waals surface area contributed by atoms with Gasteiger partial charge in [0.1, 0.15) is 11.6 Å². The molecule has 0 saturated heterocycles. The number of fused-ring (bicyclic) bond motifs is 1. The van der Waals surface area contributed by atoms with Crippen molar-refractivity contribution in [1.29, 1.82) is 0 Å². The zero-order chi connectivity index (χ0) is 19.0. The van der Waals surface area contributed by atoms with Crippen molar-refractivity contribution in [3.8, 4) is 0 Å². The van der Waals surface area contributed by atoms with E-state index in [0.717, 1.165) is 25.3 Å². The molecule has 1 fully saturated rings. The number of carbonyl (C=O) groups is 1. The molecule has 1 amide bonds. The van der Waals surface area contributed by atoms with E-state index in [1.807, 2.05) is 12.1 Å². The second kappa shape index (κ2) is 7.39. The van der Waals surface area contributed by atoms with Gasteiger partial charge < -0.3 is 10.6 Å². The van der Waals surface area contributed by atoms with E-state index in [1.165, 1.54) is 29.7 Å². The van der Waals surface area contributed by atoms with Crippen molar-refractivity contribution in [3.63, 3.8) is 0 Å². The standard InChI is InChI=1S/C22H24F2N2O/c1-13(17-10-9-15(23)12-19(17)24)22(27)26-20-11-14-5-2-3-8-18(14)21(20)25-16-6-4-7-16/h2-3,5,8-10,12-13,16,20-21,25H,4,6-7,11H2,1H3,(H,26,27)/t13-,20?,21-/m0/s1. The number of benzene rings is 2. The zero-order valence-corrected chi connectivity index (χ0v) is 15.3. The molecule has 0 bridgehead atoms. The lowest BCUT2D eigenvalue weighted by Crippen LogP contribution is -2.48. The number of hydrogen-bond acceptors (Lipinski definition) is 2. The first kappa shape index (κ1) is 18.1. The Balaban J connectivity index is 1.50. The number of carbonyl (C=O) groups excluding carboxylic acids is 1. The number of halogens is 2. The summed E-state index contributed by atoms with van der Waals surface area (Å²) in [7, 11) is 0. The lowest BCUT2D eigenvalue weighted by molar-refractivity contribution is -0.123. The molecule has 1 unspecified atom stereocenters. The minimum absolute atomic E-state index is 0.0681. The van der Waals surface area contributed by atoms with Gasteiger partial charge in [0.15, 0.2) is 0 Å². The predicted molar refractivity (Wildman–Crippen MR) is 100 cm³/mol. The summed E-state index contributed by atoms with van der Waals surface area (Å²) in [5.41, 5.74) is 2.68. The SMILES string of the molecule is C[C@H](C(=O)NC1Cc2ccccc2[C@@H]1NC1CCC1)c1ccc(F)cc1F. The molecule has 2 N–H and O–H groups in total. The first-order chi connectivity index (χ1) is 13.0. The van der Waals surface area contributed by atoms with Gasteiger partial charge in [-0.1, -0.05) is 36.8 Å². The molecular formula is C22H24F2N2O. The second-order valence-corrected chi connectivity index (χ2v) is 7.68. The Morgan fingerprint density at radius 3 is 2.63 bits per heavy atom. The summed E-state index contributed by atoms with van der Waals surface area (Å²) < 4.78 is 27.2. The molecule has 5 heteroatoms.